The molecule has 0 bridgehead atoms. The van der Waals surface area contributed by atoms with Crippen molar-refractivity contribution in [3.63, 3.8) is 0 Å². The molecule has 1 atom stereocenters. The van der Waals surface area contributed by atoms with E-state index in [1.165, 1.54) is 18.2 Å². The molecule has 2 heterocycles. The summed E-state index contributed by atoms with van der Waals surface area (Å²) in [5, 5.41) is 7.41. The van der Waals surface area contributed by atoms with Crippen molar-refractivity contribution in [2.45, 2.75) is 39.3 Å². The monoisotopic (exact) mass is 461 g/mol. The molecule has 1 aliphatic rings. The molecule has 8 heteroatoms. The Hall–Kier alpha value is -3.78. The maximum absolute atomic E-state index is 13.2. The van der Waals surface area contributed by atoms with E-state index in [1.807, 2.05) is 38.1 Å². The summed E-state index contributed by atoms with van der Waals surface area (Å²) >= 11 is 0. The molecule has 0 saturated carbocycles. The van der Waals surface area contributed by atoms with E-state index in [9.17, 15) is 14.0 Å². The number of carbonyl (C=O) groups excluding carboxylic acids is 2. The normalized spacial score (nSPS) is 16.3. The van der Waals surface area contributed by atoms with Gasteiger partial charge in [-0.05, 0) is 81.3 Å². The van der Waals surface area contributed by atoms with Crippen LogP contribution in [0.25, 0.3) is 11.8 Å². The Bertz CT molecular complexity index is 1230. The van der Waals surface area contributed by atoms with Crippen LogP contribution in [-0.2, 0) is 16.1 Å². The molecule has 34 heavy (non-hydrogen) atoms. The van der Waals surface area contributed by atoms with Gasteiger partial charge in [-0.2, -0.15) is 5.10 Å². The number of carbonyl (C=O) groups is 2. The zero-order valence-corrected chi connectivity index (χ0v) is 19.3. The molecule has 1 fully saturated rings. The number of likely N-dealkylation sites (tertiary alicyclic amines) is 1. The van der Waals surface area contributed by atoms with E-state index in [0.717, 1.165) is 47.6 Å². The van der Waals surface area contributed by atoms with Crippen LogP contribution >= 0.6 is 0 Å². The van der Waals surface area contributed by atoms with Gasteiger partial charge in [0.2, 0.25) is 11.8 Å². The fourth-order valence-corrected chi connectivity index (χ4v) is 4.39. The van der Waals surface area contributed by atoms with Gasteiger partial charge in [0.15, 0.2) is 0 Å². The quantitative estimate of drug-likeness (QED) is 0.525. The highest BCUT2D eigenvalue weighted by molar-refractivity contribution is 6.02. The SMILES string of the molecule is Cc1nn(-c2ccc(F)cc2)c(C)c1/C=C/C(=O)Nc1cccc(CN2CCCC2C(N)=O)c1. The van der Waals surface area contributed by atoms with Crippen molar-refractivity contribution >= 4 is 23.6 Å². The van der Waals surface area contributed by atoms with Gasteiger partial charge in [0, 0.05) is 29.6 Å². The summed E-state index contributed by atoms with van der Waals surface area (Å²) in [6, 6.07) is 13.5. The molecule has 1 saturated heterocycles. The lowest BCUT2D eigenvalue weighted by Gasteiger charge is -2.22. The Morgan fingerprint density at radius 3 is 2.71 bits per heavy atom. The first-order valence-corrected chi connectivity index (χ1v) is 11.3. The molecule has 3 N–H and O–H groups in total. The highest BCUT2D eigenvalue weighted by Gasteiger charge is 2.28. The van der Waals surface area contributed by atoms with Crippen LogP contribution < -0.4 is 11.1 Å². The van der Waals surface area contributed by atoms with Crippen LogP contribution in [0.4, 0.5) is 10.1 Å². The van der Waals surface area contributed by atoms with Gasteiger partial charge in [0.1, 0.15) is 5.82 Å². The molecule has 0 radical (unpaired) electrons. The van der Waals surface area contributed by atoms with Crippen LogP contribution in [0.2, 0.25) is 0 Å². The summed E-state index contributed by atoms with van der Waals surface area (Å²) in [4.78, 5) is 26.3. The molecule has 1 aliphatic heterocycles. The van der Waals surface area contributed by atoms with Gasteiger partial charge in [-0.25, -0.2) is 9.07 Å². The number of halogens is 1. The van der Waals surface area contributed by atoms with E-state index in [0.29, 0.717) is 12.2 Å². The highest BCUT2D eigenvalue weighted by Crippen LogP contribution is 2.22. The van der Waals surface area contributed by atoms with Crippen molar-refractivity contribution in [3.8, 4) is 5.69 Å². The highest BCUT2D eigenvalue weighted by atomic mass is 19.1. The second-order valence-electron chi connectivity index (χ2n) is 8.53. The first kappa shape index (κ1) is 23.4. The van der Waals surface area contributed by atoms with Gasteiger partial charge in [-0.3, -0.25) is 14.5 Å². The number of aromatic nitrogens is 2. The first-order valence-electron chi connectivity index (χ1n) is 11.3. The minimum Gasteiger partial charge on any atom is -0.368 e. The average Bonchev–Trinajstić information content (AvgIpc) is 3.37. The van der Waals surface area contributed by atoms with E-state index in [-0.39, 0.29) is 23.7 Å². The first-order chi connectivity index (χ1) is 16.3. The smallest absolute Gasteiger partial charge is 0.248 e. The van der Waals surface area contributed by atoms with Crippen LogP contribution in [0.5, 0.6) is 0 Å². The van der Waals surface area contributed by atoms with Crippen LogP contribution in [0.15, 0.2) is 54.6 Å². The Labute approximate surface area is 198 Å². The summed E-state index contributed by atoms with van der Waals surface area (Å²) < 4.78 is 15.0. The molecule has 3 aromatic rings. The van der Waals surface area contributed by atoms with E-state index in [4.69, 9.17) is 5.73 Å². The number of amides is 2. The van der Waals surface area contributed by atoms with E-state index >= 15 is 0 Å². The summed E-state index contributed by atoms with van der Waals surface area (Å²) in [6.07, 6.45) is 4.94. The van der Waals surface area contributed by atoms with E-state index in [1.54, 1.807) is 22.9 Å². The maximum atomic E-state index is 13.2. The fraction of sp³-hybridized carbons (Fsp3) is 0.269. The van der Waals surface area contributed by atoms with Gasteiger partial charge in [0.25, 0.3) is 0 Å². The number of rotatable bonds is 7. The number of hydrogen-bond acceptors (Lipinski definition) is 4. The second-order valence-corrected chi connectivity index (χ2v) is 8.53. The van der Waals surface area contributed by atoms with Crippen LogP contribution in [-0.4, -0.2) is 39.1 Å². The lowest BCUT2D eigenvalue weighted by Crippen LogP contribution is -2.39. The van der Waals surface area contributed by atoms with Crippen LogP contribution in [0.3, 0.4) is 0 Å². The lowest BCUT2D eigenvalue weighted by atomic mass is 10.1. The predicted molar refractivity (Wildman–Crippen MR) is 130 cm³/mol. The Balaban J connectivity index is 1.43. The summed E-state index contributed by atoms with van der Waals surface area (Å²) in [5.74, 6) is -0.860. The number of nitrogens with two attached hydrogens (primary N) is 1. The van der Waals surface area contributed by atoms with Gasteiger partial charge in [0.05, 0.1) is 17.4 Å². The molecular formula is C26H28FN5O2. The van der Waals surface area contributed by atoms with Crippen LogP contribution in [0, 0.1) is 19.7 Å². The number of nitrogens with one attached hydrogen (secondary N) is 1. The molecule has 2 amide bonds. The van der Waals surface area contributed by atoms with Crippen molar-refractivity contribution in [2.75, 3.05) is 11.9 Å². The average molecular weight is 462 g/mol. The minimum atomic E-state index is -0.306. The lowest BCUT2D eigenvalue weighted by molar-refractivity contribution is -0.122. The Morgan fingerprint density at radius 2 is 1.97 bits per heavy atom. The zero-order chi connectivity index (χ0) is 24.2. The van der Waals surface area contributed by atoms with E-state index in [2.05, 4.69) is 15.3 Å². The second kappa shape index (κ2) is 10.0. The molecule has 4 rings (SSSR count). The molecule has 0 aliphatic carbocycles. The fourth-order valence-electron chi connectivity index (χ4n) is 4.39. The number of aryl methyl sites for hydroxylation is 1. The molecule has 2 aromatic carbocycles. The Kier molecular flexibility index (Phi) is 6.88. The zero-order valence-electron chi connectivity index (χ0n) is 19.3. The van der Waals surface area contributed by atoms with Crippen molar-refractivity contribution < 1.29 is 14.0 Å². The molecule has 1 aromatic heterocycles. The number of anilines is 1. The third kappa shape index (κ3) is 5.23. The molecule has 7 nitrogen and oxygen atoms in total. The minimum absolute atomic E-state index is 0.233. The van der Waals surface area contributed by atoms with Crippen molar-refractivity contribution in [2.24, 2.45) is 5.73 Å². The molecule has 176 valence electrons. The van der Waals surface area contributed by atoms with Gasteiger partial charge >= 0.3 is 0 Å². The molecular weight excluding hydrogens is 433 g/mol. The largest absolute Gasteiger partial charge is 0.368 e. The van der Waals surface area contributed by atoms with Gasteiger partial charge in [-0.1, -0.05) is 12.1 Å². The van der Waals surface area contributed by atoms with Crippen LogP contribution in [0.1, 0.15) is 35.4 Å². The third-order valence-electron chi connectivity index (χ3n) is 6.09. The standard InChI is InChI=1S/C26H28FN5O2/c1-17-23(18(2)32(30-17)22-10-8-20(27)9-11-22)12-13-25(33)29-21-6-3-5-19(15-21)16-31-14-4-7-24(31)26(28)34/h3,5-6,8-13,15,24H,4,7,14,16H2,1-2H3,(H2,28,34)(H,29,33)/b13-12+. The molecule has 1 unspecified atom stereocenters. The number of hydrogen-bond donors (Lipinski definition) is 2. The number of nitrogens with zero attached hydrogens (tertiary/aromatic N) is 3. The maximum Gasteiger partial charge on any atom is 0.248 e. The van der Waals surface area contributed by atoms with Gasteiger partial charge in [-0.15, -0.1) is 0 Å². The summed E-state index contributed by atoms with van der Waals surface area (Å²) in [6.45, 7) is 5.21. The summed E-state index contributed by atoms with van der Waals surface area (Å²) in [5.41, 5.74) is 10.4. The van der Waals surface area contributed by atoms with Gasteiger partial charge < -0.3 is 11.1 Å². The van der Waals surface area contributed by atoms with E-state index < -0.39 is 0 Å². The van der Waals surface area contributed by atoms with Crippen molar-refractivity contribution in [1.82, 2.24) is 14.7 Å². The number of benzene rings is 2. The third-order valence-corrected chi connectivity index (χ3v) is 6.09. The summed E-state index contributed by atoms with van der Waals surface area (Å²) in [7, 11) is 0. The Morgan fingerprint density at radius 1 is 1.21 bits per heavy atom. The topological polar surface area (TPSA) is 93.2 Å². The molecule has 0 spiro atoms. The number of primary amides is 1. The van der Waals surface area contributed by atoms with Crippen molar-refractivity contribution in [3.05, 3.63) is 82.9 Å². The predicted octanol–water partition coefficient (Wildman–Crippen LogP) is 3.73. The van der Waals surface area contributed by atoms with Crippen molar-refractivity contribution in [1.29, 1.82) is 0 Å².